The highest BCUT2D eigenvalue weighted by atomic mass is 35.5. The molecule has 0 bridgehead atoms. The summed E-state index contributed by atoms with van der Waals surface area (Å²) in [5, 5.41) is 6.57. The molecule has 0 amide bonds. The first-order valence-corrected chi connectivity index (χ1v) is 7.89. The zero-order valence-corrected chi connectivity index (χ0v) is 12.7. The first-order valence-electron chi connectivity index (χ1n) is 5.87. The maximum atomic E-state index is 12.3. The summed E-state index contributed by atoms with van der Waals surface area (Å²) in [5.41, 5.74) is 1.01. The predicted molar refractivity (Wildman–Crippen MR) is 72.3 cm³/mol. The number of sulfonamides is 1. The number of rotatable bonds is 6. The molecule has 1 aromatic heterocycles. The van der Waals surface area contributed by atoms with E-state index >= 15 is 0 Å². The molecule has 0 aliphatic rings. The molecule has 104 valence electrons. The molecule has 2 N–H and O–H groups in total. The van der Waals surface area contributed by atoms with Crippen molar-refractivity contribution in [2.45, 2.75) is 45.1 Å². The molecular weight excluding hydrogens is 274 g/mol. The second-order valence-corrected chi connectivity index (χ2v) is 6.82. The molecule has 1 rings (SSSR count). The van der Waals surface area contributed by atoms with Crippen molar-refractivity contribution in [3.63, 3.8) is 0 Å². The lowest BCUT2D eigenvalue weighted by Gasteiger charge is -2.18. The van der Waals surface area contributed by atoms with Gasteiger partial charge in [-0.15, -0.1) is 11.6 Å². The van der Waals surface area contributed by atoms with Gasteiger partial charge in [-0.2, -0.15) is 5.10 Å². The van der Waals surface area contributed by atoms with E-state index in [-0.39, 0.29) is 16.8 Å². The Kier molecular flexibility index (Phi) is 5.19. The Morgan fingerprint density at radius 3 is 2.39 bits per heavy atom. The van der Waals surface area contributed by atoms with Gasteiger partial charge in [0.2, 0.25) is 10.0 Å². The van der Waals surface area contributed by atoms with Crippen LogP contribution in [0.4, 0.5) is 0 Å². The number of hydrogen-bond acceptors (Lipinski definition) is 3. The standard InChI is InChI=1S/C11H20ClN3O2S/c1-7(2)5-10(6-12)15-18(16,17)11-8(3)13-14-9(11)4/h7,10,15H,5-6H2,1-4H3,(H,13,14). The van der Waals surface area contributed by atoms with Gasteiger partial charge in [0.1, 0.15) is 4.90 Å². The van der Waals surface area contributed by atoms with E-state index in [1.165, 1.54) is 0 Å². The zero-order valence-electron chi connectivity index (χ0n) is 11.1. The van der Waals surface area contributed by atoms with Crippen molar-refractivity contribution in [3.8, 4) is 0 Å². The van der Waals surface area contributed by atoms with Gasteiger partial charge >= 0.3 is 0 Å². The number of H-pyrrole nitrogens is 1. The SMILES string of the molecule is Cc1n[nH]c(C)c1S(=O)(=O)NC(CCl)CC(C)C. The van der Waals surface area contributed by atoms with Gasteiger partial charge in [-0.1, -0.05) is 13.8 Å². The Morgan fingerprint density at radius 2 is 2.00 bits per heavy atom. The second-order valence-electron chi connectivity index (χ2n) is 4.87. The minimum Gasteiger partial charge on any atom is -0.281 e. The van der Waals surface area contributed by atoms with Crippen LogP contribution in [0.3, 0.4) is 0 Å². The fourth-order valence-corrected chi connectivity index (χ4v) is 3.84. The largest absolute Gasteiger partial charge is 0.281 e. The number of hydrogen-bond donors (Lipinski definition) is 2. The van der Waals surface area contributed by atoms with Crippen LogP contribution in [-0.4, -0.2) is 30.5 Å². The number of nitrogens with one attached hydrogen (secondary N) is 2. The van der Waals surface area contributed by atoms with Crippen molar-refractivity contribution in [1.82, 2.24) is 14.9 Å². The number of aromatic amines is 1. The molecule has 0 aliphatic heterocycles. The molecule has 1 aromatic rings. The number of aromatic nitrogens is 2. The highest BCUT2D eigenvalue weighted by molar-refractivity contribution is 7.89. The smallest absolute Gasteiger partial charge is 0.244 e. The van der Waals surface area contributed by atoms with E-state index in [4.69, 9.17) is 11.6 Å². The lowest BCUT2D eigenvalue weighted by Crippen LogP contribution is -2.37. The van der Waals surface area contributed by atoms with Crippen molar-refractivity contribution in [3.05, 3.63) is 11.4 Å². The number of aryl methyl sites for hydroxylation is 2. The summed E-state index contributed by atoms with van der Waals surface area (Å²) < 4.78 is 27.2. The molecule has 0 saturated carbocycles. The first-order chi connectivity index (χ1) is 8.27. The van der Waals surface area contributed by atoms with Gasteiger partial charge in [-0.05, 0) is 26.2 Å². The molecule has 0 spiro atoms. The lowest BCUT2D eigenvalue weighted by molar-refractivity contribution is 0.485. The summed E-state index contributed by atoms with van der Waals surface area (Å²) in [6.07, 6.45) is 0.707. The molecular formula is C11H20ClN3O2S. The monoisotopic (exact) mass is 293 g/mol. The van der Waals surface area contributed by atoms with Crippen molar-refractivity contribution < 1.29 is 8.42 Å². The highest BCUT2D eigenvalue weighted by Crippen LogP contribution is 2.18. The normalized spacial score (nSPS) is 14.1. The number of nitrogens with zero attached hydrogens (tertiary/aromatic N) is 1. The summed E-state index contributed by atoms with van der Waals surface area (Å²) in [6.45, 7) is 7.41. The fourth-order valence-electron chi connectivity index (χ4n) is 1.93. The van der Waals surface area contributed by atoms with E-state index in [0.717, 1.165) is 0 Å². The third-order valence-electron chi connectivity index (χ3n) is 2.59. The molecule has 0 aliphatic carbocycles. The molecule has 7 heteroatoms. The minimum absolute atomic E-state index is 0.223. The average molecular weight is 294 g/mol. The summed E-state index contributed by atoms with van der Waals surface area (Å²) in [6, 6.07) is -0.259. The summed E-state index contributed by atoms with van der Waals surface area (Å²) in [5.74, 6) is 0.635. The third-order valence-corrected chi connectivity index (χ3v) is 4.75. The van der Waals surface area contributed by atoms with Crippen LogP contribution in [0.1, 0.15) is 31.7 Å². The zero-order chi connectivity index (χ0) is 13.9. The van der Waals surface area contributed by atoms with Gasteiger partial charge in [0, 0.05) is 11.9 Å². The summed E-state index contributed by atoms with van der Waals surface area (Å²) in [7, 11) is -3.56. The van der Waals surface area contributed by atoms with Crippen molar-refractivity contribution in [1.29, 1.82) is 0 Å². The Hall–Kier alpha value is -0.590. The summed E-state index contributed by atoms with van der Waals surface area (Å²) in [4.78, 5) is 0.223. The fraction of sp³-hybridized carbons (Fsp3) is 0.727. The predicted octanol–water partition coefficient (Wildman–Crippen LogP) is 1.96. The Bertz CT molecular complexity index is 477. The molecule has 0 saturated heterocycles. The Labute approximate surface area is 113 Å². The topological polar surface area (TPSA) is 74.8 Å². The Morgan fingerprint density at radius 1 is 1.39 bits per heavy atom. The quantitative estimate of drug-likeness (QED) is 0.787. The van der Waals surface area contributed by atoms with E-state index in [1.807, 2.05) is 13.8 Å². The molecule has 5 nitrogen and oxygen atoms in total. The molecule has 1 atom stereocenters. The molecule has 1 unspecified atom stereocenters. The van der Waals surface area contributed by atoms with Gasteiger partial charge < -0.3 is 0 Å². The molecule has 0 radical (unpaired) electrons. The first kappa shape index (κ1) is 15.5. The van der Waals surface area contributed by atoms with Gasteiger partial charge in [-0.25, -0.2) is 13.1 Å². The average Bonchev–Trinajstić information content (AvgIpc) is 2.56. The Balaban J connectivity index is 2.94. The number of alkyl halides is 1. The van der Waals surface area contributed by atoms with Crippen LogP contribution in [0.2, 0.25) is 0 Å². The summed E-state index contributed by atoms with van der Waals surface area (Å²) >= 11 is 5.81. The maximum Gasteiger partial charge on any atom is 0.244 e. The highest BCUT2D eigenvalue weighted by Gasteiger charge is 2.25. The van der Waals surface area contributed by atoms with Gasteiger partial charge in [0.15, 0.2) is 0 Å². The third kappa shape index (κ3) is 3.70. The van der Waals surface area contributed by atoms with Crippen LogP contribution in [0.25, 0.3) is 0 Å². The second kappa shape index (κ2) is 6.04. The van der Waals surface area contributed by atoms with Crippen LogP contribution in [0.15, 0.2) is 4.90 Å². The molecule has 18 heavy (non-hydrogen) atoms. The maximum absolute atomic E-state index is 12.3. The van der Waals surface area contributed by atoms with Crippen LogP contribution < -0.4 is 4.72 Å². The molecule has 0 fully saturated rings. The number of halogens is 1. The molecule has 0 aromatic carbocycles. The van der Waals surface area contributed by atoms with Gasteiger partial charge in [-0.3, -0.25) is 5.10 Å². The van der Waals surface area contributed by atoms with Crippen LogP contribution in [0.5, 0.6) is 0 Å². The van der Waals surface area contributed by atoms with E-state index < -0.39 is 10.0 Å². The van der Waals surface area contributed by atoms with Gasteiger partial charge in [0.25, 0.3) is 0 Å². The van der Waals surface area contributed by atoms with Gasteiger partial charge in [0.05, 0.1) is 11.4 Å². The van der Waals surface area contributed by atoms with E-state index in [1.54, 1.807) is 13.8 Å². The van der Waals surface area contributed by atoms with Crippen LogP contribution >= 0.6 is 11.6 Å². The molecule has 1 heterocycles. The lowest BCUT2D eigenvalue weighted by atomic mass is 10.1. The van der Waals surface area contributed by atoms with E-state index in [9.17, 15) is 8.42 Å². The van der Waals surface area contributed by atoms with Crippen LogP contribution in [-0.2, 0) is 10.0 Å². The van der Waals surface area contributed by atoms with Crippen molar-refractivity contribution in [2.75, 3.05) is 5.88 Å². The van der Waals surface area contributed by atoms with Crippen LogP contribution in [0, 0.1) is 19.8 Å². The minimum atomic E-state index is -3.56. The van der Waals surface area contributed by atoms with E-state index in [0.29, 0.717) is 23.7 Å². The van der Waals surface area contributed by atoms with Crippen molar-refractivity contribution >= 4 is 21.6 Å². The van der Waals surface area contributed by atoms with Crippen molar-refractivity contribution in [2.24, 2.45) is 5.92 Å². The van der Waals surface area contributed by atoms with E-state index in [2.05, 4.69) is 14.9 Å².